The number of sulfonamides is 1. The number of aliphatic carboxylic acids is 1. The van der Waals surface area contributed by atoms with Crippen LogP contribution < -0.4 is 9.57 Å². The number of nitrogens with zero attached hydrogens (tertiary/aromatic N) is 1. The fourth-order valence-corrected chi connectivity index (χ4v) is 3.38. The van der Waals surface area contributed by atoms with E-state index < -0.39 is 22.6 Å². The van der Waals surface area contributed by atoms with Gasteiger partial charge in [0.1, 0.15) is 5.75 Å². The number of ether oxygens (including phenoxy) is 1. The molecule has 0 aliphatic rings. The average molecular weight is 376 g/mol. The molecule has 2 aromatic carbocycles. The summed E-state index contributed by atoms with van der Waals surface area (Å²) in [6.07, 6.45) is 0. The summed E-state index contributed by atoms with van der Waals surface area (Å²) in [6, 6.07) is 11.8. The van der Waals surface area contributed by atoms with Crippen LogP contribution >= 0.6 is 0 Å². The maximum absolute atomic E-state index is 12.5. The van der Waals surface area contributed by atoms with Crippen LogP contribution in [0.25, 0.3) is 0 Å². The molecule has 2 aromatic rings. The Hall–Kier alpha value is -2.87. The highest BCUT2D eigenvalue weighted by Crippen LogP contribution is 2.17. The lowest BCUT2D eigenvalue weighted by Crippen LogP contribution is -2.21. The Bertz CT molecular complexity index is 952. The van der Waals surface area contributed by atoms with Crippen molar-refractivity contribution in [3.8, 4) is 5.75 Å². The number of aryl methyl sites for hydroxylation is 2. The lowest BCUT2D eigenvalue weighted by Gasteiger charge is -2.09. The van der Waals surface area contributed by atoms with Crippen LogP contribution in [-0.2, 0) is 14.8 Å². The summed E-state index contributed by atoms with van der Waals surface area (Å²) in [6.45, 7) is 4.71. The molecule has 0 saturated carbocycles. The van der Waals surface area contributed by atoms with E-state index in [1.807, 2.05) is 13.0 Å². The van der Waals surface area contributed by atoms with Crippen LogP contribution in [0.3, 0.4) is 0 Å². The van der Waals surface area contributed by atoms with E-state index in [9.17, 15) is 13.2 Å². The molecule has 0 heterocycles. The van der Waals surface area contributed by atoms with Crippen molar-refractivity contribution in [3.63, 3.8) is 0 Å². The molecule has 2 N–H and O–H groups in total. The van der Waals surface area contributed by atoms with Gasteiger partial charge in [-0.05, 0) is 50.1 Å². The zero-order chi connectivity index (χ0) is 19.3. The molecule has 8 heteroatoms. The number of benzene rings is 2. The highest BCUT2D eigenvalue weighted by atomic mass is 32.2. The molecule has 0 spiro atoms. The smallest absolute Gasteiger partial charge is 0.341 e. The number of carbonyl (C=O) groups is 1. The van der Waals surface area contributed by atoms with E-state index in [4.69, 9.17) is 9.84 Å². The molecule has 0 fully saturated rings. The van der Waals surface area contributed by atoms with Gasteiger partial charge in [0.05, 0.1) is 10.6 Å². The van der Waals surface area contributed by atoms with Crippen LogP contribution in [0.1, 0.15) is 23.6 Å². The van der Waals surface area contributed by atoms with Crippen LogP contribution in [0, 0.1) is 13.8 Å². The van der Waals surface area contributed by atoms with Gasteiger partial charge in [0.15, 0.2) is 6.61 Å². The Morgan fingerprint density at radius 2 is 1.92 bits per heavy atom. The molecule has 0 saturated heterocycles. The molecule has 138 valence electrons. The summed E-state index contributed by atoms with van der Waals surface area (Å²) in [4.78, 5) is 13.0. The third-order valence-corrected chi connectivity index (χ3v) is 4.93. The van der Waals surface area contributed by atoms with Gasteiger partial charge in [0.25, 0.3) is 10.0 Å². The zero-order valence-corrected chi connectivity index (χ0v) is 15.5. The van der Waals surface area contributed by atoms with Crippen LogP contribution in [0.2, 0.25) is 0 Å². The molecular weight excluding hydrogens is 356 g/mol. The van der Waals surface area contributed by atoms with Crippen molar-refractivity contribution in [3.05, 3.63) is 59.2 Å². The molecule has 0 amide bonds. The molecule has 0 aliphatic heterocycles. The molecular formula is C18H20N2O5S. The maximum Gasteiger partial charge on any atom is 0.341 e. The minimum absolute atomic E-state index is 0.174. The number of hydrazone groups is 1. The van der Waals surface area contributed by atoms with Crippen LogP contribution in [0.5, 0.6) is 5.75 Å². The fraction of sp³-hybridized carbons (Fsp3) is 0.222. The van der Waals surface area contributed by atoms with E-state index in [-0.39, 0.29) is 4.90 Å². The number of rotatable bonds is 7. The minimum Gasteiger partial charge on any atom is -0.482 e. The second-order valence-corrected chi connectivity index (χ2v) is 7.40. The molecule has 0 atom stereocenters. The summed E-state index contributed by atoms with van der Waals surface area (Å²) < 4.78 is 30.1. The zero-order valence-electron chi connectivity index (χ0n) is 14.7. The maximum atomic E-state index is 12.5. The van der Waals surface area contributed by atoms with Gasteiger partial charge in [-0.1, -0.05) is 24.3 Å². The third kappa shape index (κ3) is 5.06. The molecule has 26 heavy (non-hydrogen) atoms. The predicted molar refractivity (Wildman–Crippen MR) is 98.0 cm³/mol. The number of hydrogen-bond acceptors (Lipinski definition) is 5. The van der Waals surface area contributed by atoms with E-state index in [2.05, 4.69) is 9.93 Å². The molecule has 2 rings (SSSR count). The number of carboxylic acid groups (broad SMARTS) is 1. The Morgan fingerprint density at radius 1 is 1.19 bits per heavy atom. The first-order valence-corrected chi connectivity index (χ1v) is 9.26. The van der Waals surface area contributed by atoms with Gasteiger partial charge >= 0.3 is 5.97 Å². The molecule has 0 aromatic heterocycles. The number of carboxylic acids is 1. The molecule has 0 radical (unpaired) electrons. The summed E-state index contributed by atoms with van der Waals surface area (Å²) in [5, 5.41) is 12.6. The van der Waals surface area contributed by atoms with Crippen LogP contribution in [0.15, 0.2) is 52.5 Å². The molecule has 7 nitrogen and oxygen atoms in total. The highest BCUT2D eigenvalue weighted by Gasteiger charge is 2.16. The van der Waals surface area contributed by atoms with Crippen molar-refractivity contribution in [2.45, 2.75) is 25.7 Å². The molecule has 0 bridgehead atoms. The van der Waals surface area contributed by atoms with Crippen LogP contribution in [-0.4, -0.2) is 31.8 Å². The van der Waals surface area contributed by atoms with E-state index in [1.165, 1.54) is 0 Å². The van der Waals surface area contributed by atoms with Crippen LogP contribution in [0.4, 0.5) is 0 Å². The van der Waals surface area contributed by atoms with Gasteiger partial charge in [0.2, 0.25) is 0 Å². The van der Waals surface area contributed by atoms with E-state index in [0.717, 1.165) is 5.56 Å². The lowest BCUT2D eigenvalue weighted by atomic mass is 10.1. The van der Waals surface area contributed by atoms with E-state index in [0.29, 0.717) is 22.6 Å². The normalized spacial score (nSPS) is 11.9. The van der Waals surface area contributed by atoms with Gasteiger partial charge in [-0.25, -0.2) is 4.79 Å². The summed E-state index contributed by atoms with van der Waals surface area (Å²) in [5.41, 5.74) is 2.48. The topological polar surface area (TPSA) is 105 Å². The third-order valence-electron chi connectivity index (χ3n) is 3.58. The minimum atomic E-state index is -3.79. The average Bonchev–Trinajstić information content (AvgIpc) is 2.60. The lowest BCUT2D eigenvalue weighted by molar-refractivity contribution is -0.139. The fourth-order valence-electron chi connectivity index (χ4n) is 2.20. The standard InChI is InChI=1S/C18H20N2O5S/c1-12-7-8-13(2)17(9-12)26(23,24)20-19-14(3)15-5-4-6-16(10-15)25-11-18(21)22/h4-10,20H,11H2,1-3H3,(H,21,22)/b19-14-. The number of hydrogen-bond donors (Lipinski definition) is 2. The van der Waals surface area contributed by atoms with Gasteiger partial charge in [0, 0.05) is 5.56 Å². The SMILES string of the molecule is C/C(=N/NS(=O)(=O)c1cc(C)ccc1C)c1cccc(OCC(=O)O)c1. The van der Waals surface area contributed by atoms with Gasteiger partial charge in [-0.3, -0.25) is 0 Å². The van der Waals surface area contributed by atoms with Crippen molar-refractivity contribution in [1.29, 1.82) is 0 Å². The van der Waals surface area contributed by atoms with Gasteiger partial charge in [-0.15, -0.1) is 0 Å². The largest absolute Gasteiger partial charge is 0.482 e. The highest BCUT2D eigenvalue weighted by molar-refractivity contribution is 7.89. The summed E-state index contributed by atoms with van der Waals surface area (Å²) in [5.74, 6) is -0.723. The quantitative estimate of drug-likeness (QED) is 0.570. The Balaban J connectivity index is 2.20. The van der Waals surface area contributed by atoms with Crippen molar-refractivity contribution in [2.24, 2.45) is 5.10 Å². The second kappa shape index (κ2) is 8.01. The van der Waals surface area contributed by atoms with Gasteiger partial charge < -0.3 is 9.84 Å². The predicted octanol–water partition coefficient (Wildman–Crippen LogP) is 2.47. The van der Waals surface area contributed by atoms with Crippen molar-refractivity contribution >= 4 is 21.7 Å². The monoisotopic (exact) mass is 376 g/mol. The summed E-state index contributed by atoms with van der Waals surface area (Å²) in [7, 11) is -3.79. The van der Waals surface area contributed by atoms with Crippen molar-refractivity contribution in [2.75, 3.05) is 6.61 Å². The van der Waals surface area contributed by atoms with E-state index in [1.54, 1.807) is 50.2 Å². The number of nitrogens with one attached hydrogen (secondary N) is 1. The van der Waals surface area contributed by atoms with Gasteiger partial charge in [-0.2, -0.15) is 18.4 Å². The van der Waals surface area contributed by atoms with Crippen molar-refractivity contribution in [1.82, 2.24) is 4.83 Å². The van der Waals surface area contributed by atoms with Crippen molar-refractivity contribution < 1.29 is 23.1 Å². The summed E-state index contributed by atoms with van der Waals surface area (Å²) >= 11 is 0. The molecule has 0 aliphatic carbocycles. The first-order valence-electron chi connectivity index (χ1n) is 7.77. The van der Waals surface area contributed by atoms with E-state index >= 15 is 0 Å². The first kappa shape index (κ1) is 19.5. The second-order valence-electron chi connectivity index (χ2n) is 5.77. The molecule has 0 unspecified atom stereocenters. The Morgan fingerprint density at radius 3 is 2.62 bits per heavy atom. The Kier molecular flexibility index (Phi) is 5.99. The Labute approximate surface area is 152 Å². The first-order chi connectivity index (χ1) is 12.2.